The van der Waals surface area contributed by atoms with E-state index >= 15 is 0 Å². The van der Waals surface area contributed by atoms with E-state index in [0.717, 1.165) is 12.1 Å². The lowest BCUT2D eigenvalue weighted by atomic mass is 10.1. The molecule has 0 saturated carbocycles. The maximum absolute atomic E-state index is 13.7. The second kappa shape index (κ2) is 8.02. The Balaban J connectivity index is 3.56. The van der Waals surface area contributed by atoms with Crippen molar-refractivity contribution in [2.24, 2.45) is 0 Å². The van der Waals surface area contributed by atoms with Gasteiger partial charge in [0.15, 0.2) is 0 Å². The predicted molar refractivity (Wildman–Crippen MR) is 79.3 cm³/mol. The van der Waals surface area contributed by atoms with Gasteiger partial charge in [-0.25, -0.2) is 4.79 Å². The van der Waals surface area contributed by atoms with E-state index in [1.807, 2.05) is 0 Å². The van der Waals surface area contributed by atoms with Crippen molar-refractivity contribution in [2.75, 3.05) is 17.8 Å². The highest BCUT2D eigenvalue weighted by molar-refractivity contribution is 6.27. The van der Waals surface area contributed by atoms with Gasteiger partial charge in [0.1, 0.15) is 5.88 Å². The molecular formula is C14H13ClF6N2O3. The molecule has 0 aliphatic rings. The number of anilines is 1. The maximum Gasteiger partial charge on any atom is 0.441 e. The predicted octanol–water partition coefficient (Wildman–Crippen LogP) is 3.29. The van der Waals surface area contributed by atoms with Crippen LogP contribution in [0.4, 0.5) is 32.0 Å². The van der Waals surface area contributed by atoms with Crippen molar-refractivity contribution in [2.45, 2.75) is 24.9 Å². The number of alkyl halides is 7. The standard InChI is InChI=1S/C14H13ClF6N2O3/c1-2-26-11(25)12(14(19,20)21,23-10(24)7-15)22-9-6-4-3-5-8(9)13(16,17)18/h3-6,22H,2,7H2,1H3,(H,23,24)/t12-/m1/s1. The zero-order chi connectivity index (χ0) is 20.2. The highest BCUT2D eigenvalue weighted by Gasteiger charge is 2.64. The number of hydrogen-bond acceptors (Lipinski definition) is 4. The second-order valence-corrected chi connectivity index (χ2v) is 5.09. The molecule has 0 aromatic heterocycles. The van der Waals surface area contributed by atoms with E-state index in [0.29, 0.717) is 12.1 Å². The van der Waals surface area contributed by atoms with E-state index in [2.05, 4.69) is 4.74 Å². The summed E-state index contributed by atoms with van der Waals surface area (Å²) in [5, 5.41) is 2.73. The van der Waals surface area contributed by atoms with Crippen molar-refractivity contribution < 1.29 is 40.7 Å². The molecule has 0 bridgehead atoms. The molecule has 0 aliphatic carbocycles. The molecule has 1 amide bonds. The first-order chi connectivity index (χ1) is 11.9. The van der Waals surface area contributed by atoms with E-state index < -0.39 is 53.6 Å². The molecule has 0 saturated heterocycles. The molecule has 5 nitrogen and oxygen atoms in total. The van der Waals surface area contributed by atoms with Gasteiger partial charge in [-0.3, -0.25) is 4.79 Å². The Morgan fingerprint density at radius 1 is 1.12 bits per heavy atom. The number of rotatable bonds is 6. The van der Waals surface area contributed by atoms with E-state index in [1.54, 1.807) is 0 Å². The Hall–Kier alpha value is -2.17. The molecule has 26 heavy (non-hydrogen) atoms. The summed E-state index contributed by atoms with van der Waals surface area (Å²) < 4.78 is 84.4. The first-order valence-corrected chi connectivity index (χ1v) is 7.47. The van der Waals surface area contributed by atoms with Gasteiger partial charge < -0.3 is 15.4 Å². The number of carbonyl (C=O) groups is 2. The summed E-state index contributed by atoms with van der Waals surface area (Å²) in [5.41, 5.74) is -6.52. The Kier molecular flexibility index (Phi) is 6.75. The third-order valence-electron chi connectivity index (χ3n) is 3.01. The van der Waals surface area contributed by atoms with Gasteiger partial charge in [0.25, 0.3) is 0 Å². The molecular weight excluding hydrogens is 394 g/mol. The van der Waals surface area contributed by atoms with Crippen LogP contribution in [0.25, 0.3) is 0 Å². The minimum Gasteiger partial charge on any atom is -0.463 e. The number of nitrogens with one attached hydrogen (secondary N) is 2. The molecule has 1 aromatic carbocycles. The smallest absolute Gasteiger partial charge is 0.441 e. The molecule has 1 atom stereocenters. The van der Waals surface area contributed by atoms with Gasteiger partial charge in [0.2, 0.25) is 5.91 Å². The van der Waals surface area contributed by atoms with Crippen LogP contribution in [0.5, 0.6) is 0 Å². The summed E-state index contributed by atoms with van der Waals surface area (Å²) in [7, 11) is 0. The fourth-order valence-corrected chi connectivity index (χ4v) is 1.98. The van der Waals surface area contributed by atoms with Crippen LogP contribution >= 0.6 is 11.6 Å². The van der Waals surface area contributed by atoms with E-state index in [4.69, 9.17) is 11.6 Å². The maximum atomic E-state index is 13.7. The quantitative estimate of drug-likeness (QED) is 0.329. The minimum absolute atomic E-state index is 0.512. The summed E-state index contributed by atoms with van der Waals surface area (Å²) in [6, 6.07) is 3.16. The Bertz CT molecular complexity index is 665. The van der Waals surface area contributed by atoms with E-state index in [-0.39, 0.29) is 0 Å². The molecule has 0 fully saturated rings. The van der Waals surface area contributed by atoms with Gasteiger partial charge in [-0.15, -0.1) is 11.6 Å². The number of para-hydroxylation sites is 1. The molecule has 1 aromatic rings. The fourth-order valence-electron chi connectivity index (χ4n) is 1.91. The van der Waals surface area contributed by atoms with Gasteiger partial charge in [0.05, 0.1) is 12.2 Å². The van der Waals surface area contributed by atoms with Gasteiger partial charge in [0, 0.05) is 5.69 Å². The van der Waals surface area contributed by atoms with Crippen molar-refractivity contribution in [3.05, 3.63) is 29.8 Å². The van der Waals surface area contributed by atoms with Crippen LogP contribution in [0, 0.1) is 0 Å². The Morgan fingerprint density at radius 3 is 2.15 bits per heavy atom. The summed E-state index contributed by atoms with van der Waals surface area (Å²) in [6.07, 6.45) is -10.6. The zero-order valence-corrected chi connectivity index (χ0v) is 13.9. The summed E-state index contributed by atoms with van der Waals surface area (Å²) in [5.74, 6) is -4.46. The lowest BCUT2D eigenvalue weighted by Crippen LogP contribution is -2.69. The lowest BCUT2D eigenvalue weighted by molar-refractivity contribution is -0.207. The molecule has 0 aliphatic heterocycles. The summed E-state index contributed by atoms with van der Waals surface area (Å²) in [6.45, 7) is 0.669. The molecule has 12 heteroatoms. The Labute approximate surface area is 148 Å². The number of esters is 1. The second-order valence-electron chi connectivity index (χ2n) is 4.82. The van der Waals surface area contributed by atoms with Gasteiger partial charge >= 0.3 is 24.0 Å². The van der Waals surface area contributed by atoms with Crippen molar-refractivity contribution >= 4 is 29.2 Å². The van der Waals surface area contributed by atoms with Gasteiger partial charge in [-0.1, -0.05) is 12.1 Å². The highest BCUT2D eigenvalue weighted by atomic mass is 35.5. The molecule has 146 valence electrons. The first-order valence-electron chi connectivity index (χ1n) is 6.94. The number of hydrogen-bond donors (Lipinski definition) is 2. The fraction of sp³-hybridized carbons (Fsp3) is 0.429. The number of amides is 1. The summed E-state index contributed by atoms with van der Waals surface area (Å²) in [4.78, 5) is 23.4. The van der Waals surface area contributed by atoms with Crippen LogP contribution in [0.15, 0.2) is 24.3 Å². The van der Waals surface area contributed by atoms with Crippen LogP contribution in [0.3, 0.4) is 0 Å². The van der Waals surface area contributed by atoms with Crippen molar-refractivity contribution in [1.82, 2.24) is 5.32 Å². The largest absolute Gasteiger partial charge is 0.463 e. The van der Waals surface area contributed by atoms with Gasteiger partial charge in [-0.2, -0.15) is 26.3 Å². The van der Waals surface area contributed by atoms with Crippen molar-refractivity contribution in [3.8, 4) is 0 Å². The van der Waals surface area contributed by atoms with Crippen molar-refractivity contribution in [1.29, 1.82) is 0 Å². The van der Waals surface area contributed by atoms with E-state index in [1.165, 1.54) is 17.6 Å². The third kappa shape index (κ3) is 4.71. The average Bonchev–Trinajstić information content (AvgIpc) is 2.52. The molecule has 1 rings (SSSR count). The lowest BCUT2D eigenvalue weighted by Gasteiger charge is -2.35. The number of ether oxygens (including phenoxy) is 1. The normalized spacial score (nSPS) is 14.3. The minimum atomic E-state index is -5.56. The number of carbonyl (C=O) groups excluding carboxylic acids is 2. The van der Waals surface area contributed by atoms with Crippen LogP contribution in [-0.4, -0.2) is 36.2 Å². The van der Waals surface area contributed by atoms with Crippen LogP contribution in [0.1, 0.15) is 12.5 Å². The van der Waals surface area contributed by atoms with Crippen LogP contribution < -0.4 is 10.6 Å². The number of benzene rings is 1. The topological polar surface area (TPSA) is 67.4 Å². The third-order valence-corrected chi connectivity index (χ3v) is 3.25. The average molecular weight is 407 g/mol. The van der Waals surface area contributed by atoms with Gasteiger partial charge in [-0.05, 0) is 19.1 Å². The molecule has 0 radical (unpaired) electrons. The van der Waals surface area contributed by atoms with Crippen molar-refractivity contribution in [3.63, 3.8) is 0 Å². The van der Waals surface area contributed by atoms with Crippen LogP contribution in [-0.2, 0) is 20.5 Å². The van der Waals surface area contributed by atoms with Crippen LogP contribution in [0.2, 0.25) is 0 Å². The SMILES string of the molecule is CCOC(=O)[C@](NC(=O)CCl)(Nc1ccccc1C(F)(F)F)C(F)(F)F. The number of halogens is 7. The summed E-state index contributed by atoms with van der Waals surface area (Å²) >= 11 is 5.16. The first kappa shape index (κ1) is 21.9. The molecule has 0 unspecified atom stereocenters. The highest BCUT2D eigenvalue weighted by Crippen LogP contribution is 2.39. The molecule has 0 heterocycles. The zero-order valence-electron chi connectivity index (χ0n) is 13.1. The van der Waals surface area contributed by atoms with E-state index in [9.17, 15) is 35.9 Å². The monoisotopic (exact) mass is 406 g/mol. The molecule has 2 N–H and O–H groups in total. The molecule has 0 spiro atoms. The Morgan fingerprint density at radius 2 is 1.69 bits per heavy atom.